The van der Waals surface area contributed by atoms with Crippen LogP contribution in [0.3, 0.4) is 0 Å². The van der Waals surface area contributed by atoms with E-state index in [2.05, 4.69) is 15.3 Å². The summed E-state index contributed by atoms with van der Waals surface area (Å²) in [6.07, 6.45) is 0. The molecule has 23 heavy (non-hydrogen) atoms. The molecule has 5 nitrogen and oxygen atoms in total. The number of carbonyl (C=O) groups excluding carboxylic acids is 1. The molecule has 0 aliphatic carbocycles. The molecule has 0 atom stereocenters. The predicted octanol–water partition coefficient (Wildman–Crippen LogP) is 2.75. The summed E-state index contributed by atoms with van der Waals surface area (Å²) in [6, 6.07) is 16.9. The Labute approximate surface area is 134 Å². The number of fused-ring (bicyclic) bond motifs is 1. The molecule has 0 aliphatic rings. The largest absolute Gasteiger partial charge is 0.299 e. The third kappa shape index (κ3) is 2.99. The van der Waals surface area contributed by atoms with Gasteiger partial charge in [-0.2, -0.15) is 0 Å². The Bertz CT molecular complexity index is 913. The number of nitrogens with one attached hydrogen (secondary N) is 1. The number of benzene rings is 2. The van der Waals surface area contributed by atoms with Gasteiger partial charge in [-0.3, -0.25) is 19.7 Å². The zero-order valence-electron chi connectivity index (χ0n) is 13.2. The fraction of sp³-hybridized carbons (Fsp3) is 0.167. The van der Waals surface area contributed by atoms with Crippen LogP contribution < -0.4 is 10.8 Å². The van der Waals surface area contributed by atoms with Crippen LogP contribution in [-0.2, 0) is 7.05 Å². The van der Waals surface area contributed by atoms with Crippen molar-refractivity contribution in [3.63, 3.8) is 0 Å². The van der Waals surface area contributed by atoms with Crippen LogP contribution in [0.4, 0.5) is 5.95 Å². The highest BCUT2D eigenvalue weighted by atomic mass is 16.1. The highest BCUT2D eigenvalue weighted by Crippen LogP contribution is 2.11. The molecule has 0 spiro atoms. The van der Waals surface area contributed by atoms with Gasteiger partial charge in [-0.15, -0.1) is 0 Å². The Morgan fingerprint density at radius 3 is 2.57 bits per heavy atom. The number of anilines is 1. The molecule has 0 fully saturated rings. The first-order valence-electron chi connectivity index (χ1n) is 7.53. The van der Waals surface area contributed by atoms with Crippen molar-refractivity contribution >= 4 is 22.8 Å². The number of para-hydroxylation sites is 1. The van der Waals surface area contributed by atoms with E-state index < -0.39 is 0 Å². The van der Waals surface area contributed by atoms with Gasteiger partial charge in [-0.1, -0.05) is 30.3 Å². The minimum atomic E-state index is -0.188. The molecule has 0 aliphatic heterocycles. The number of aromatic nitrogens is 2. The van der Waals surface area contributed by atoms with Crippen molar-refractivity contribution in [3.05, 3.63) is 65.6 Å². The van der Waals surface area contributed by atoms with Crippen LogP contribution in [-0.4, -0.2) is 22.0 Å². The maximum absolute atomic E-state index is 12.4. The maximum Gasteiger partial charge on any atom is 0.257 e. The number of rotatable bonds is 3. The number of hydrogen-bond acceptors (Lipinski definition) is 3. The van der Waals surface area contributed by atoms with Gasteiger partial charge in [0.15, 0.2) is 0 Å². The van der Waals surface area contributed by atoms with Crippen molar-refractivity contribution in [2.45, 2.75) is 6.92 Å². The van der Waals surface area contributed by atoms with E-state index in [1.807, 2.05) is 61.0 Å². The molecule has 1 heterocycles. The number of amides is 1. The van der Waals surface area contributed by atoms with Crippen LogP contribution in [0.2, 0.25) is 0 Å². The van der Waals surface area contributed by atoms with Crippen LogP contribution in [0, 0.1) is 0 Å². The summed E-state index contributed by atoms with van der Waals surface area (Å²) in [4.78, 5) is 21.5. The van der Waals surface area contributed by atoms with Crippen molar-refractivity contribution in [1.82, 2.24) is 9.55 Å². The number of carbonyl (C=O) groups is 1. The molecule has 0 radical (unpaired) electrons. The summed E-state index contributed by atoms with van der Waals surface area (Å²) >= 11 is 0. The van der Waals surface area contributed by atoms with Crippen LogP contribution in [0.15, 0.2) is 59.6 Å². The van der Waals surface area contributed by atoms with Crippen LogP contribution in [0.25, 0.3) is 10.9 Å². The van der Waals surface area contributed by atoms with E-state index in [1.54, 1.807) is 12.1 Å². The fourth-order valence-electron chi connectivity index (χ4n) is 2.45. The van der Waals surface area contributed by atoms with Crippen LogP contribution >= 0.6 is 0 Å². The summed E-state index contributed by atoms with van der Waals surface area (Å²) in [5.74, 6) is 0.288. The van der Waals surface area contributed by atoms with Crippen molar-refractivity contribution < 1.29 is 4.79 Å². The zero-order chi connectivity index (χ0) is 16.2. The first-order valence-corrected chi connectivity index (χ1v) is 7.53. The second kappa shape index (κ2) is 6.44. The highest BCUT2D eigenvalue weighted by molar-refractivity contribution is 6.03. The summed E-state index contributed by atoms with van der Waals surface area (Å²) in [5, 5.41) is 3.84. The molecule has 0 saturated heterocycles. The first kappa shape index (κ1) is 15.0. The lowest BCUT2D eigenvalue weighted by Crippen LogP contribution is -2.26. The van der Waals surface area contributed by atoms with E-state index in [-0.39, 0.29) is 5.91 Å². The Morgan fingerprint density at radius 2 is 1.83 bits per heavy atom. The average Bonchev–Trinajstić information content (AvgIpc) is 2.59. The van der Waals surface area contributed by atoms with E-state index in [1.165, 1.54) is 0 Å². The number of nitrogens with zero attached hydrogens (tertiary/aromatic N) is 3. The molecule has 1 aromatic heterocycles. The molecule has 116 valence electrons. The molecule has 2 aromatic carbocycles. The van der Waals surface area contributed by atoms with E-state index >= 15 is 0 Å². The lowest BCUT2D eigenvalue weighted by molar-refractivity contribution is 0.102. The minimum Gasteiger partial charge on any atom is -0.299 e. The third-order valence-corrected chi connectivity index (χ3v) is 3.58. The van der Waals surface area contributed by atoms with Gasteiger partial charge in [0.1, 0.15) is 5.49 Å². The quantitative estimate of drug-likeness (QED) is 0.809. The van der Waals surface area contributed by atoms with Crippen molar-refractivity contribution in [1.29, 1.82) is 0 Å². The van der Waals surface area contributed by atoms with Crippen molar-refractivity contribution in [2.75, 3.05) is 11.9 Å². The molecule has 1 N–H and O–H groups in total. The molecule has 3 rings (SSSR count). The van der Waals surface area contributed by atoms with Gasteiger partial charge in [-0.25, -0.2) is 4.98 Å². The molecule has 0 unspecified atom stereocenters. The monoisotopic (exact) mass is 306 g/mol. The molecule has 5 heteroatoms. The standard InChI is InChI=1S/C18H18N4O/c1-3-19-16-14-11-7-8-12-15(14)20-18(22(16)2)21-17(23)13-9-5-4-6-10-13/h4-12H,3H2,1-2H3,(H,20,21,23). The maximum atomic E-state index is 12.4. The van der Waals surface area contributed by atoms with Gasteiger partial charge in [0.05, 0.1) is 5.52 Å². The van der Waals surface area contributed by atoms with Crippen molar-refractivity contribution in [3.8, 4) is 0 Å². The Hall–Kier alpha value is -2.95. The van der Waals surface area contributed by atoms with E-state index in [4.69, 9.17) is 0 Å². The lowest BCUT2D eigenvalue weighted by Gasteiger charge is -2.12. The molecule has 0 saturated carbocycles. The van der Waals surface area contributed by atoms with Gasteiger partial charge in [0.25, 0.3) is 5.91 Å². The van der Waals surface area contributed by atoms with Gasteiger partial charge in [0.2, 0.25) is 5.95 Å². The topological polar surface area (TPSA) is 59.3 Å². The van der Waals surface area contributed by atoms with Crippen LogP contribution in [0.1, 0.15) is 17.3 Å². The number of hydrogen-bond donors (Lipinski definition) is 1. The summed E-state index contributed by atoms with van der Waals surface area (Å²) in [5.41, 5.74) is 2.21. The van der Waals surface area contributed by atoms with Gasteiger partial charge < -0.3 is 0 Å². The third-order valence-electron chi connectivity index (χ3n) is 3.58. The normalized spacial score (nSPS) is 11.7. The highest BCUT2D eigenvalue weighted by Gasteiger charge is 2.11. The van der Waals surface area contributed by atoms with E-state index in [9.17, 15) is 4.79 Å². The second-order valence-electron chi connectivity index (χ2n) is 5.13. The Morgan fingerprint density at radius 1 is 1.13 bits per heavy atom. The fourth-order valence-corrected chi connectivity index (χ4v) is 2.45. The van der Waals surface area contributed by atoms with Crippen LogP contribution in [0.5, 0.6) is 0 Å². The molecular formula is C18H18N4O. The first-order chi connectivity index (χ1) is 11.2. The van der Waals surface area contributed by atoms with E-state index in [0.29, 0.717) is 18.1 Å². The SMILES string of the molecule is CCN=c1c2ccccc2nc(NC(=O)c2ccccc2)n1C. The van der Waals surface area contributed by atoms with Gasteiger partial charge in [0, 0.05) is 24.5 Å². The average molecular weight is 306 g/mol. The summed E-state index contributed by atoms with van der Waals surface area (Å²) in [7, 11) is 1.86. The van der Waals surface area contributed by atoms with Gasteiger partial charge in [-0.05, 0) is 31.2 Å². The molecular weight excluding hydrogens is 288 g/mol. The summed E-state index contributed by atoms with van der Waals surface area (Å²) < 4.78 is 1.81. The molecule has 0 bridgehead atoms. The predicted molar refractivity (Wildman–Crippen MR) is 91.2 cm³/mol. The molecule has 1 amide bonds. The van der Waals surface area contributed by atoms with E-state index in [0.717, 1.165) is 16.4 Å². The van der Waals surface area contributed by atoms with Crippen molar-refractivity contribution in [2.24, 2.45) is 12.0 Å². The minimum absolute atomic E-state index is 0.188. The lowest BCUT2D eigenvalue weighted by atomic mass is 10.2. The smallest absolute Gasteiger partial charge is 0.257 e. The Kier molecular flexibility index (Phi) is 4.19. The second-order valence-corrected chi connectivity index (χ2v) is 5.13. The zero-order valence-corrected chi connectivity index (χ0v) is 13.2. The molecule has 3 aromatic rings. The summed E-state index contributed by atoms with van der Waals surface area (Å²) in [6.45, 7) is 2.64. The Balaban J connectivity index is 2.10. The van der Waals surface area contributed by atoms with Gasteiger partial charge >= 0.3 is 0 Å².